The predicted molar refractivity (Wildman–Crippen MR) is 83.1 cm³/mol. The van der Waals surface area contributed by atoms with E-state index < -0.39 is 6.09 Å². The molecule has 3 aromatic rings. The van der Waals surface area contributed by atoms with Gasteiger partial charge in [0, 0.05) is 10.9 Å². The number of fused-ring (bicyclic) bond motifs is 3. The van der Waals surface area contributed by atoms with Gasteiger partial charge in [-0.3, -0.25) is 0 Å². The van der Waals surface area contributed by atoms with Gasteiger partial charge in [0.05, 0.1) is 6.04 Å². The first-order valence-electron chi connectivity index (χ1n) is 7.01. The summed E-state index contributed by atoms with van der Waals surface area (Å²) in [6, 6.07) is 18.3. The van der Waals surface area contributed by atoms with Crippen molar-refractivity contribution < 1.29 is 14.6 Å². The van der Waals surface area contributed by atoms with Gasteiger partial charge in [-0.2, -0.15) is 0 Å². The third kappa shape index (κ3) is 1.97. The van der Waals surface area contributed by atoms with E-state index >= 15 is 0 Å². The Morgan fingerprint density at radius 3 is 2.55 bits per heavy atom. The molecule has 0 radical (unpaired) electrons. The zero-order valence-electron chi connectivity index (χ0n) is 11.6. The second-order valence-corrected chi connectivity index (χ2v) is 5.26. The Bertz CT molecular complexity index is 871. The van der Waals surface area contributed by atoms with Crippen LogP contribution in [0.1, 0.15) is 17.2 Å². The summed E-state index contributed by atoms with van der Waals surface area (Å²) in [5.74, 6) is 0.792. The molecule has 1 aliphatic heterocycles. The molecule has 0 aliphatic carbocycles. The number of phenols is 1. The molecule has 4 rings (SSSR count). The second-order valence-electron chi connectivity index (χ2n) is 5.26. The summed E-state index contributed by atoms with van der Waals surface area (Å²) < 4.78 is 5.42. The molecule has 1 heterocycles. The van der Waals surface area contributed by atoms with Gasteiger partial charge in [-0.15, -0.1) is 0 Å². The lowest BCUT2D eigenvalue weighted by molar-refractivity contribution is 0.192. The van der Waals surface area contributed by atoms with E-state index in [-0.39, 0.29) is 11.8 Å². The summed E-state index contributed by atoms with van der Waals surface area (Å²) in [4.78, 5) is 11.9. The molecule has 4 heteroatoms. The van der Waals surface area contributed by atoms with Gasteiger partial charge in [0.2, 0.25) is 0 Å². The third-order valence-electron chi connectivity index (χ3n) is 3.90. The van der Waals surface area contributed by atoms with Crippen LogP contribution in [0.2, 0.25) is 0 Å². The summed E-state index contributed by atoms with van der Waals surface area (Å²) in [7, 11) is 0. The standard InChI is InChI=1S/C18H13NO3/c20-13-8-5-12(6-9-13)16-15-10-7-11-3-1-2-4-14(11)17(15)22-18(21)19-16/h1-10,16,20H,(H,19,21). The number of phenolic OH excluding ortho intramolecular Hbond substituents is 1. The number of rotatable bonds is 1. The highest BCUT2D eigenvalue weighted by atomic mass is 16.6. The van der Waals surface area contributed by atoms with Crippen molar-refractivity contribution in [2.45, 2.75) is 6.04 Å². The largest absolute Gasteiger partial charge is 0.508 e. The fourth-order valence-electron chi connectivity index (χ4n) is 2.85. The zero-order chi connectivity index (χ0) is 15.1. The lowest BCUT2D eigenvalue weighted by Crippen LogP contribution is -2.36. The number of amides is 1. The molecule has 3 aromatic carbocycles. The van der Waals surface area contributed by atoms with E-state index in [9.17, 15) is 9.90 Å². The van der Waals surface area contributed by atoms with E-state index in [1.54, 1.807) is 24.3 Å². The van der Waals surface area contributed by atoms with Gasteiger partial charge >= 0.3 is 6.09 Å². The molecule has 108 valence electrons. The number of hydrogen-bond donors (Lipinski definition) is 2. The summed E-state index contributed by atoms with van der Waals surface area (Å²) in [5.41, 5.74) is 1.80. The smallest absolute Gasteiger partial charge is 0.413 e. The first-order valence-corrected chi connectivity index (χ1v) is 7.01. The van der Waals surface area contributed by atoms with Crippen LogP contribution in [0.5, 0.6) is 11.5 Å². The van der Waals surface area contributed by atoms with Crippen molar-refractivity contribution in [3.63, 3.8) is 0 Å². The molecule has 0 spiro atoms. The van der Waals surface area contributed by atoms with Crippen LogP contribution in [-0.4, -0.2) is 11.2 Å². The van der Waals surface area contributed by atoms with Crippen molar-refractivity contribution in [2.24, 2.45) is 0 Å². The number of carbonyl (C=O) groups excluding carboxylic acids is 1. The minimum Gasteiger partial charge on any atom is -0.508 e. The summed E-state index contributed by atoms with van der Waals surface area (Å²) in [6.07, 6.45) is -0.470. The topological polar surface area (TPSA) is 58.6 Å². The van der Waals surface area contributed by atoms with Crippen molar-refractivity contribution in [1.29, 1.82) is 0 Å². The zero-order valence-corrected chi connectivity index (χ0v) is 11.6. The van der Waals surface area contributed by atoms with Crippen LogP contribution in [0.4, 0.5) is 4.79 Å². The number of aromatic hydroxyl groups is 1. The minimum atomic E-state index is -0.470. The monoisotopic (exact) mass is 291 g/mol. The molecule has 4 nitrogen and oxygen atoms in total. The summed E-state index contributed by atoms with van der Waals surface area (Å²) in [5, 5.41) is 14.2. The van der Waals surface area contributed by atoms with E-state index in [2.05, 4.69) is 5.32 Å². The molecule has 0 aromatic heterocycles. The first-order chi connectivity index (χ1) is 10.7. The molecule has 22 heavy (non-hydrogen) atoms. The molecule has 1 aliphatic rings. The SMILES string of the molecule is O=C1NC(c2ccc(O)cc2)c2ccc3ccccc3c2O1. The van der Waals surface area contributed by atoms with E-state index in [1.807, 2.05) is 36.4 Å². The Balaban J connectivity index is 1.92. The van der Waals surface area contributed by atoms with Crippen LogP contribution in [0.25, 0.3) is 10.8 Å². The molecular formula is C18H13NO3. The average molecular weight is 291 g/mol. The van der Waals surface area contributed by atoms with Gasteiger partial charge in [-0.1, -0.05) is 48.5 Å². The van der Waals surface area contributed by atoms with Crippen molar-refractivity contribution in [3.8, 4) is 11.5 Å². The van der Waals surface area contributed by atoms with Gasteiger partial charge in [0.1, 0.15) is 11.5 Å². The van der Waals surface area contributed by atoms with E-state index in [4.69, 9.17) is 4.74 Å². The maximum atomic E-state index is 11.9. The Morgan fingerprint density at radius 1 is 0.955 bits per heavy atom. The van der Waals surface area contributed by atoms with Crippen LogP contribution >= 0.6 is 0 Å². The Morgan fingerprint density at radius 2 is 1.73 bits per heavy atom. The second kappa shape index (κ2) is 4.77. The van der Waals surface area contributed by atoms with Crippen LogP contribution in [0.3, 0.4) is 0 Å². The Labute approximate surface area is 127 Å². The molecule has 1 atom stereocenters. The highest BCUT2D eigenvalue weighted by molar-refractivity contribution is 5.93. The van der Waals surface area contributed by atoms with Crippen LogP contribution in [-0.2, 0) is 0 Å². The highest BCUT2D eigenvalue weighted by Crippen LogP contribution is 2.39. The van der Waals surface area contributed by atoms with Crippen LogP contribution < -0.4 is 10.1 Å². The Kier molecular flexibility index (Phi) is 2.76. The highest BCUT2D eigenvalue weighted by Gasteiger charge is 2.28. The maximum absolute atomic E-state index is 11.9. The van der Waals surface area contributed by atoms with Gasteiger partial charge < -0.3 is 15.2 Å². The van der Waals surface area contributed by atoms with Gasteiger partial charge in [-0.05, 0) is 23.1 Å². The molecule has 1 unspecified atom stereocenters. The summed E-state index contributed by atoms with van der Waals surface area (Å²) >= 11 is 0. The fraction of sp³-hybridized carbons (Fsp3) is 0.0556. The number of benzene rings is 3. The predicted octanol–water partition coefficient (Wildman–Crippen LogP) is 3.74. The van der Waals surface area contributed by atoms with E-state index in [0.29, 0.717) is 5.75 Å². The molecule has 0 fully saturated rings. The number of carbonyl (C=O) groups is 1. The van der Waals surface area contributed by atoms with Gasteiger partial charge in [-0.25, -0.2) is 4.79 Å². The van der Waals surface area contributed by atoms with Gasteiger partial charge in [0.25, 0.3) is 0 Å². The Hall–Kier alpha value is -3.01. The van der Waals surface area contributed by atoms with Crippen molar-refractivity contribution in [2.75, 3.05) is 0 Å². The normalized spacial score (nSPS) is 16.7. The molecule has 2 N–H and O–H groups in total. The third-order valence-corrected chi connectivity index (χ3v) is 3.90. The number of ether oxygens (including phenoxy) is 1. The van der Waals surface area contributed by atoms with Crippen molar-refractivity contribution in [3.05, 3.63) is 71.8 Å². The molecule has 0 saturated carbocycles. The van der Waals surface area contributed by atoms with Gasteiger partial charge in [0.15, 0.2) is 0 Å². The minimum absolute atomic E-state index is 0.195. The molecule has 0 saturated heterocycles. The lowest BCUT2D eigenvalue weighted by Gasteiger charge is -2.27. The molecule has 1 amide bonds. The average Bonchev–Trinajstić information content (AvgIpc) is 2.55. The van der Waals surface area contributed by atoms with Crippen molar-refractivity contribution >= 4 is 16.9 Å². The fourth-order valence-corrected chi connectivity index (χ4v) is 2.85. The van der Waals surface area contributed by atoms with E-state index in [1.165, 1.54) is 0 Å². The number of nitrogens with one attached hydrogen (secondary N) is 1. The van der Waals surface area contributed by atoms with Crippen LogP contribution in [0, 0.1) is 0 Å². The molecular weight excluding hydrogens is 278 g/mol. The summed E-state index contributed by atoms with van der Waals surface area (Å²) in [6.45, 7) is 0. The maximum Gasteiger partial charge on any atom is 0.413 e. The molecule has 0 bridgehead atoms. The number of hydrogen-bond acceptors (Lipinski definition) is 3. The lowest BCUT2D eigenvalue weighted by atomic mass is 9.94. The van der Waals surface area contributed by atoms with Crippen LogP contribution in [0.15, 0.2) is 60.7 Å². The van der Waals surface area contributed by atoms with Crippen molar-refractivity contribution in [1.82, 2.24) is 5.32 Å². The quantitative estimate of drug-likeness (QED) is 0.718. The van der Waals surface area contributed by atoms with E-state index in [0.717, 1.165) is 21.9 Å². The first kappa shape index (κ1) is 12.7.